The van der Waals surface area contributed by atoms with Gasteiger partial charge >= 0.3 is 6.03 Å². The summed E-state index contributed by atoms with van der Waals surface area (Å²) in [6.45, 7) is 9.25. The van der Waals surface area contributed by atoms with Gasteiger partial charge in [0.2, 0.25) is 5.91 Å². The maximum absolute atomic E-state index is 11.9. The summed E-state index contributed by atoms with van der Waals surface area (Å²) in [5.74, 6) is 0.245. The number of nitrogens with zero attached hydrogens (tertiary/aromatic N) is 1. The van der Waals surface area contributed by atoms with E-state index < -0.39 is 12.1 Å². The molecule has 3 amide bonds. The molecule has 2 atom stereocenters. The first kappa shape index (κ1) is 18.9. The van der Waals surface area contributed by atoms with Crippen LogP contribution < -0.4 is 16.0 Å². The highest BCUT2D eigenvalue weighted by molar-refractivity contribution is 5.96. The Balaban J connectivity index is 4.38. The van der Waals surface area contributed by atoms with Gasteiger partial charge in [-0.3, -0.25) is 10.1 Å². The highest BCUT2D eigenvalue weighted by atomic mass is 16.2. The van der Waals surface area contributed by atoms with Gasteiger partial charge in [-0.25, -0.2) is 4.79 Å². The molecule has 118 valence electrons. The molecule has 0 saturated carbocycles. The molecule has 0 aromatic rings. The van der Waals surface area contributed by atoms with E-state index in [1.54, 1.807) is 6.92 Å². The molecule has 20 heavy (non-hydrogen) atoms. The summed E-state index contributed by atoms with van der Waals surface area (Å²) >= 11 is 0. The highest BCUT2D eigenvalue weighted by Crippen LogP contribution is 2.06. The Morgan fingerprint density at radius 3 is 2.20 bits per heavy atom. The monoisotopic (exact) mass is 286 g/mol. The van der Waals surface area contributed by atoms with E-state index in [1.807, 2.05) is 21.0 Å². The fourth-order valence-electron chi connectivity index (χ4n) is 2.06. The Morgan fingerprint density at radius 2 is 1.75 bits per heavy atom. The van der Waals surface area contributed by atoms with Gasteiger partial charge in [0, 0.05) is 19.1 Å². The average Bonchev–Trinajstić information content (AvgIpc) is 2.26. The number of imide groups is 1. The maximum atomic E-state index is 11.9. The third-order valence-corrected chi connectivity index (χ3v) is 2.79. The second kappa shape index (κ2) is 9.72. The van der Waals surface area contributed by atoms with Crippen LogP contribution in [0.2, 0.25) is 0 Å². The number of likely N-dealkylation sites (N-methyl/N-ethyl adjacent to an activating group) is 1. The van der Waals surface area contributed by atoms with Crippen molar-refractivity contribution in [2.45, 2.75) is 46.2 Å². The van der Waals surface area contributed by atoms with Gasteiger partial charge in [0.15, 0.2) is 0 Å². The maximum Gasteiger partial charge on any atom is 0.321 e. The zero-order valence-corrected chi connectivity index (χ0v) is 13.6. The summed E-state index contributed by atoms with van der Waals surface area (Å²) in [6.07, 6.45) is 0.983. The minimum atomic E-state index is -0.445. The Kier molecular flexibility index (Phi) is 9.16. The van der Waals surface area contributed by atoms with Crippen LogP contribution in [0.3, 0.4) is 0 Å². The van der Waals surface area contributed by atoms with Crippen molar-refractivity contribution in [3.8, 4) is 0 Å². The Hall–Kier alpha value is -1.14. The molecule has 2 unspecified atom stereocenters. The first-order valence-electron chi connectivity index (χ1n) is 7.25. The van der Waals surface area contributed by atoms with Crippen LogP contribution in [0, 0.1) is 5.92 Å². The fraction of sp³-hybridized carbons (Fsp3) is 0.857. The van der Waals surface area contributed by atoms with E-state index >= 15 is 0 Å². The van der Waals surface area contributed by atoms with Gasteiger partial charge < -0.3 is 15.5 Å². The standard InChI is InChI=1S/C14H30N4O2/c1-7-15-14(20)17-13(19)11(4)16-12(8-10(2)3)9-18(5)6/h10-12,16H,7-9H2,1-6H3,(H2,15,17,19,20). The summed E-state index contributed by atoms with van der Waals surface area (Å²) in [5.41, 5.74) is 0. The van der Waals surface area contributed by atoms with Gasteiger partial charge in [0.1, 0.15) is 0 Å². The van der Waals surface area contributed by atoms with Gasteiger partial charge in [-0.2, -0.15) is 0 Å². The number of urea groups is 1. The van der Waals surface area contributed by atoms with Gasteiger partial charge in [-0.05, 0) is 40.3 Å². The summed E-state index contributed by atoms with van der Waals surface area (Å²) in [4.78, 5) is 25.3. The highest BCUT2D eigenvalue weighted by Gasteiger charge is 2.20. The molecule has 0 spiro atoms. The summed E-state index contributed by atoms with van der Waals surface area (Å²) < 4.78 is 0. The van der Waals surface area contributed by atoms with E-state index in [0.29, 0.717) is 12.5 Å². The molecule has 0 rings (SSSR count). The molecule has 0 aliphatic rings. The number of carbonyl (C=O) groups excluding carboxylic acids is 2. The van der Waals surface area contributed by atoms with Gasteiger partial charge in [-0.15, -0.1) is 0 Å². The molecule has 3 N–H and O–H groups in total. The Morgan fingerprint density at radius 1 is 1.15 bits per heavy atom. The van der Waals surface area contributed by atoms with Crippen LogP contribution >= 0.6 is 0 Å². The van der Waals surface area contributed by atoms with Crippen LogP contribution in [0.1, 0.15) is 34.1 Å². The van der Waals surface area contributed by atoms with Crippen LogP contribution in [0.5, 0.6) is 0 Å². The largest absolute Gasteiger partial charge is 0.338 e. The van der Waals surface area contributed by atoms with Crippen molar-refractivity contribution in [1.29, 1.82) is 0 Å². The fourth-order valence-corrected chi connectivity index (χ4v) is 2.06. The predicted octanol–water partition coefficient (Wildman–Crippen LogP) is 0.787. The predicted molar refractivity (Wildman–Crippen MR) is 81.6 cm³/mol. The van der Waals surface area contributed by atoms with Crippen LogP contribution in [-0.4, -0.2) is 56.1 Å². The molecular formula is C14H30N4O2. The number of hydrogen-bond acceptors (Lipinski definition) is 4. The van der Waals surface area contributed by atoms with Crippen molar-refractivity contribution in [2.24, 2.45) is 5.92 Å². The van der Waals surface area contributed by atoms with E-state index in [9.17, 15) is 9.59 Å². The molecule has 6 heteroatoms. The van der Waals surface area contributed by atoms with E-state index in [-0.39, 0.29) is 11.9 Å². The lowest BCUT2D eigenvalue weighted by Crippen LogP contribution is -2.52. The third-order valence-electron chi connectivity index (χ3n) is 2.79. The summed E-state index contributed by atoms with van der Waals surface area (Å²) in [7, 11) is 4.02. The first-order valence-corrected chi connectivity index (χ1v) is 7.25. The lowest BCUT2D eigenvalue weighted by atomic mass is 10.0. The Bertz CT molecular complexity index is 296. The van der Waals surface area contributed by atoms with Crippen molar-refractivity contribution in [3.63, 3.8) is 0 Å². The topological polar surface area (TPSA) is 73.5 Å². The SMILES string of the molecule is CCNC(=O)NC(=O)C(C)NC(CC(C)C)CN(C)C. The molecule has 0 aromatic carbocycles. The summed E-state index contributed by atoms with van der Waals surface area (Å²) in [6, 6.07) is -0.625. The van der Waals surface area contributed by atoms with E-state index in [1.165, 1.54) is 0 Å². The number of nitrogens with one attached hydrogen (secondary N) is 3. The molecule has 0 saturated heterocycles. The molecule has 0 aliphatic carbocycles. The smallest absolute Gasteiger partial charge is 0.321 e. The summed E-state index contributed by atoms with van der Waals surface area (Å²) in [5, 5.41) is 8.16. The van der Waals surface area contributed by atoms with Crippen molar-refractivity contribution < 1.29 is 9.59 Å². The molecule has 6 nitrogen and oxygen atoms in total. The molecule has 0 heterocycles. The normalized spacial score (nSPS) is 14.2. The zero-order chi connectivity index (χ0) is 15.7. The third kappa shape index (κ3) is 8.87. The van der Waals surface area contributed by atoms with Crippen LogP contribution in [0.15, 0.2) is 0 Å². The lowest BCUT2D eigenvalue weighted by molar-refractivity contribution is -0.121. The van der Waals surface area contributed by atoms with Crippen molar-refractivity contribution >= 4 is 11.9 Å². The second-order valence-electron chi connectivity index (χ2n) is 5.83. The second-order valence-corrected chi connectivity index (χ2v) is 5.83. The van der Waals surface area contributed by atoms with Crippen LogP contribution in [0.4, 0.5) is 4.79 Å². The van der Waals surface area contributed by atoms with Gasteiger partial charge in [0.25, 0.3) is 0 Å². The van der Waals surface area contributed by atoms with Crippen LogP contribution in [-0.2, 0) is 4.79 Å². The van der Waals surface area contributed by atoms with E-state index in [0.717, 1.165) is 13.0 Å². The van der Waals surface area contributed by atoms with Crippen molar-refractivity contribution in [2.75, 3.05) is 27.2 Å². The number of carbonyl (C=O) groups is 2. The molecule has 0 fully saturated rings. The van der Waals surface area contributed by atoms with Crippen molar-refractivity contribution in [3.05, 3.63) is 0 Å². The molecule has 0 aliphatic heterocycles. The van der Waals surface area contributed by atoms with Crippen LogP contribution in [0.25, 0.3) is 0 Å². The quantitative estimate of drug-likeness (QED) is 0.617. The van der Waals surface area contributed by atoms with E-state index in [4.69, 9.17) is 0 Å². The van der Waals surface area contributed by atoms with Gasteiger partial charge in [0.05, 0.1) is 6.04 Å². The molecule has 0 radical (unpaired) electrons. The minimum absolute atomic E-state index is 0.222. The van der Waals surface area contributed by atoms with E-state index in [2.05, 4.69) is 34.7 Å². The number of amides is 3. The molecular weight excluding hydrogens is 256 g/mol. The first-order chi connectivity index (χ1) is 9.26. The molecule has 0 bridgehead atoms. The Labute approximate surface area is 122 Å². The molecule has 0 aromatic heterocycles. The van der Waals surface area contributed by atoms with Crippen molar-refractivity contribution in [1.82, 2.24) is 20.9 Å². The number of hydrogen-bond donors (Lipinski definition) is 3. The number of rotatable bonds is 8. The zero-order valence-electron chi connectivity index (χ0n) is 13.6. The van der Waals surface area contributed by atoms with Gasteiger partial charge in [-0.1, -0.05) is 13.8 Å². The minimum Gasteiger partial charge on any atom is -0.338 e. The lowest BCUT2D eigenvalue weighted by Gasteiger charge is -2.26. The average molecular weight is 286 g/mol.